The van der Waals surface area contributed by atoms with Crippen LogP contribution in [0.2, 0.25) is 15.2 Å². The SMILES string of the molecule is CC(C)c1cc(Oc2c(Cl)cc(NC(=O)CC(=O)O)cc2Cl)nnc1Cl. The van der Waals surface area contributed by atoms with Crippen molar-refractivity contribution < 1.29 is 19.4 Å². The molecule has 0 radical (unpaired) electrons. The summed E-state index contributed by atoms with van der Waals surface area (Å²) in [6.45, 7) is 3.89. The van der Waals surface area contributed by atoms with Gasteiger partial charge in [0, 0.05) is 11.8 Å². The number of carboxylic acid groups (broad SMARTS) is 1. The van der Waals surface area contributed by atoms with Gasteiger partial charge in [0.2, 0.25) is 11.8 Å². The van der Waals surface area contributed by atoms with E-state index in [1.165, 1.54) is 12.1 Å². The summed E-state index contributed by atoms with van der Waals surface area (Å²) in [5, 5.41) is 19.2. The lowest BCUT2D eigenvalue weighted by Gasteiger charge is -2.13. The minimum Gasteiger partial charge on any atom is -0.481 e. The van der Waals surface area contributed by atoms with Gasteiger partial charge in [-0.15, -0.1) is 10.2 Å². The molecular formula is C16H14Cl3N3O4. The first-order valence-electron chi connectivity index (χ1n) is 7.39. The third kappa shape index (κ3) is 5.20. The van der Waals surface area contributed by atoms with Crippen molar-refractivity contribution in [1.29, 1.82) is 0 Å². The highest BCUT2D eigenvalue weighted by atomic mass is 35.5. The summed E-state index contributed by atoms with van der Waals surface area (Å²) >= 11 is 18.3. The lowest BCUT2D eigenvalue weighted by atomic mass is 10.1. The quantitative estimate of drug-likeness (QED) is 0.655. The Morgan fingerprint density at radius 2 is 1.77 bits per heavy atom. The van der Waals surface area contributed by atoms with E-state index in [1.807, 2.05) is 13.8 Å². The van der Waals surface area contributed by atoms with Crippen LogP contribution in [0.1, 0.15) is 31.7 Å². The standard InChI is InChI=1S/C16H14Cl3N3O4/c1-7(2)9-5-13(21-22-16(9)19)26-15-10(17)3-8(4-11(15)18)20-12(23)6-14(24)25/h3-5,7H,6H2,1-2H3,(H,20,23)(H,24,25). The van der Waals surface area contributed by atoms with Gasteiger partial charge in [0.1, 0.15) is 6.42 Å². The second kappa shape index (κ2) is 8.53. The third-order valence-electron chi connectivity index (χ3n) is 3.18. The van der Waals surface area contributed by atoms with E-state index in [9.17, 15) is 9.59 Å². The number of aromatic nitrogens is 2. The van der Waals surface area contributed by atoms with Crippen molar-refractivity contribution in [2.75, 3.05) is 5.32 Å². The highest BCUT2D eigenvalue weighted by Gasteiger charge is 2.16. The van der Waals surface area contributed by atoms with Crippen LogP contribution in [0.4, 0.5) is 5.69 Å². The zero-order valence-electron chi connectivity index (χ0n) is 13.7. The van der Waals surface area contributed by atoms with Gasteiger partial charge >= 0.3 is 5.97 Å². The van der Waals surface area contributed by atoms with Crippen molar-refractivity contribution >= 4 is 52.4 Å². The molecule has 2 N–H and O–H groups in total. The number of hydrogen-bond acceptors (Lipinski definition) is 5. The van der Waals surface area contributed by atoms with Gasteiger partial charge in [-0.3, -0.25) is 9.59 Å². The number of ether oxygens (including phenoxy) is 1. The van der Waals surface area contributed by atoms with E-state index in [1.54, 1.807) is 6.07 Å². The molecular weight excluding hydrogens is 405 g/mol. The van der Waals surface area contributed by atoms with Crippen LogP contribution in [0.25, 0.3) is 0 Å². The number of carbonyl (C=O) groups excluding carboxylic acids is 1. The Balaban J connectivity index is 2.25. The maximum atomic E-state index is 11.5. The van der Waals surface area contributed by atoms with Gasteiger partial charge in [0.15, 0.2) is 10.9 Å². The van der Waals surface area contributed by atoms with Crippen molar-refractivity contribution in [1.82, 2.24) is 10.2 Å². The Kier molecular flexibility index (Phi) is 6.63. The maximum Gasteiger partial charge on any atom is 0.312 e. The average molecular weight is 419 g/mol. The first-order valence-corrected chi connectivity index (χ1v) is 8.52. The second-order valence-corrected chi connectivity index (χ2v) is 6.75. The van der Waals surface area contributed by atoms with Crippen LogP contribution < -0.4 is 10.1 Å². The van der Waals surface area contributed by atoms with Gasteiger partial charge in [0.05, 0.1) is 10.0 Å². The molecule has 0 fully saturated rings. The molecule has 1 aromatic heterocycles. The first kappa shape index (κ1) is 20.2. The fourth-order valence-electron chi connectivity index (χ4n) is 2.00. The summed E-state index contributed by atoms with van der Waals surface area (Å²) < 4.78 is 5.61. The lowest BCUT2D eigenvalue weighted by molar-refractivity contribution is -0.139. The fourth-order valence-corrected chi connectivity index (χ4v) is 2.88. The zero-order chi connectivity index (χ0) is 19.4. The second-order valence-electron chi connectivity index (χ2n) is 5.57. The summed E-state index contributed by atoms with van der Waals surface area (Å²) in [7, 11) is 0. The van der Waals surface area contributed by atoms with Gasteiger partial charge in [0.25, 0.3) is 0 Å². The molecule has 1 amide bonds. The highest BCUT2D eigenvalue weighted by molar-refractivity contribution is 6.37. The number of carboxylic acids is 1. The summed E-state index contributed by atoms with van der Waals surface area (Å²) in [6, 6.07) is 4.40. The zero-order valence-corrected chi connectivity index (χ0v) is 16.0. The molecule has 0 saturated heterocycles. The molecule has 2 aromatic rings. The molecule has 0 atom stereocenters. The molecule has 26 heavy (non-hydrogen) atoms. The summed E-state index contributed by atoms with van der Waals surface area (Å²) in [5.74, 6) is -1.57. The number of carbonyl (C=O) groups is 2. The minimum absolute atomic E-state index is 0.103. The van der Waals surface area contributed by atoms with Crippen LogP contribution in [0.3, 0.4) is 0 Å². The van der Waals surface area contributed by atoms with E-state index in [0.717, 1.165) is 5.56 Å². The largest absolute Gasteiger partial charge is 0.481 e. The lowest BCUT2D eigenvalue weighted by Crippen LogP contribution is -2.15. The summed E-state index contributed by atoms with van der Waals surface area (Å²) in [5.41, 5.74) is 0.991. The molecule has 0 aliphatic heterocycles. The van der Waals surface area contributed by atoms with E-state index >= 15 is 0 Å². The maximum absolute atomic E-state index is 11.5. The molecule has 0 unspecified atom stereocenters. The first-order chi connectivity index (χ1) is 12.2. The number of benzene rings is 1. The van der Waals surface area contributed by atoms with Crippen LogP contribution in [0, 0.1) is 0 Å². The summed E-state index contributed by atoms with van der Waals surface area (Å²) in [6.07, 6.45) is -0.675. The Labute approximate surface area is 164 Å². The monoisotopic (exact) mass is 417 g/mol. The normalized spacial score (nSPS) is 10.7. The fraction of sp³-hybridized carbons (Fsp3) is 0.250. The van der Waals surface area contributed by atoms with Crippen molar-refractivity contribution in [3.05, 3.63) is 39.0 Å². The van der Waals surface area contributed by atoms with Crippen LogP contribution >= 0.6 is 34.8 Å². The number of nitrogens with zero attached hydrogens (tertiary/aromatic N) is 2. The summed E-state index contributed by atoms with van der Waals surface area (Å²) in [4.78, 5) is 22.0. The van der Waals surface area contributed by atoms with Crippen molar-refractivity contribution in [3.8, 4) is 11.6 Å². The Hall–Kier alpha value is -2.09. The molecule has 0 bridgehead atoms. The van der Waals surface area contributed by atoms with Crippen LogP contribution in [-0.2, 0) is 9.59 Å². The number of nitrogens with one attached hydrogen (secondary N) is 1. The van der Waals surface area contributed by atoms with Crippen LogP contribution in [0.5, 0.6) is 11.6 Å². The van der Waals surface area contributed by atoms with Gasteiger partial charge < -0.3 is 15.2 Å². The van der Waals surface area contributed by atoms with Crippen molar-refractivity contribution in [3.63, 3.8) is 0 Å². The molecule has 10 heteroatoms. The van der Waals surface area contributed by atoms with E-state index < -0.39 is 18.3 Å². The smallest absolute Gasteiger partial charge is 0.312 e. The predicted octanol–water partition coefficient (Wildman–Crippen LogP) is 4.77. The molecule has 0 saturated carbocycles. The van der Waals surface area contributed by atoms with Crippen molar-refractivity contribution in [2.24, 2.45) is 0 Å². The number of hydrogen-bond donors (Lipinski definition) is 2. The molecule has 0 aliphatic rings. The van der Waals surface area contributed by atoms with Crippen LogP contribution in [-0.4, -0.2) is 27.2 Å². The number of amides is 1. The number of rotatable bonds is 6. The Bertz CT molecular complexity index is 836. The predicted molar refractivity (Wildman–Crippen MR) is 98.5 cm³/mol. The Morgan fingerprint density at radius 1 is 1.15 bits per heavy atom. The molecule has 138 valence electrons. The van der Waals surface area contributed by atoms with Crippen molar-refractivity contribution in [2.45, 2.75) is 26.2 Å². The average Bonchev–Trinajstić information content (AvgIpc) is 2.51. The van der Waals surface area contributed by atoms with E-state index in [-0.39, 0.29) is 38.4 Å². The Morgan fingerprint density at radius 3 is 2.31 bits per heavy atom. The van der Waals surface area contributed by atoms with Gasteiger partial charge in [-0.2, -0.15) is 0 Å². The molecule has 1 aromatic carbocycles. The topological polar surface area (TPSA) is 101 Å². The van der Waals surface area contributed by atoms with E-state index in [2.05, 4.69) is 15.5 Å². The molecule has 2 rings (SSSR count). The number of anilines is 1. The molecule has 1 heterocycles. The third-order valence-corrected chi connectivity index (χ3v) is 4.03. The van der Waals surface area contributed by atoms with Gasteiger partial charge in [-0.05, 0) is 23.6 Å². The van der Waals surface area contributed by atoms with E-state index in [4.69, 9.17) is 44.6 Å². The number of halogens is 3. The molecule has 0 spiro atoms. The van der Waals surface area contributed by atoms with Gasteiger partial charge in [-0.25, -0.2) is 0 Å². The highest BCUT2D eigenvalue weighted by Crippen LogP contribution is 2.39. The number of aliphatic carboxylic acids is 1. The van der Waals surface area contributed by atoms with Gasteiger partial charge in [-0.1, -0.05) is 48.7 Å². The minimum atomic E-state index is -1.25. The van der Waals surface area contributed by atoms with Crippen LogP contribution in [0.15, 0.2) is 18.2 Å². The van der Waals surface area contributed by atoms with E-state index in [0.29, 0.717) is 0 Å². The molecule has 7 nitrogen and oxygen atoms in total. The molecule has 0 aliphatic carbocycles.